The number of thiazole rings is 1. The highest BCUT2D eigenvalue weighted by Crippen LogP contribution is 2.20. The van der Waals surface area contributed by atoms with Crippen LogP contribution in [0.15, 0.2) is 27.9 Å². The van der Waals surface area contributed by atoms with Crippen molar-refractivity contribution in [1.82, 2.24) is 9.71 Å². The zero-order valence-corrected chi connectivity index (χ0v) is 11.6. The van der Waals surface area contributed by atoms with Crippen molar-refractivity contribution < 1.29 is 22.3 Å². The maximum Gasteiger partial charge on any atom is 0.243 e. The summed E-state index contributed by atoms with van der Waals surface area (Å²) >= 11 is 1.28. The van der Waals surface area contributed by atoms with E-state index in [-0.39, 0.29) is 12.1 Å². The molecule has 2 rings (SSSR count). The smallest absolute Gasteiger partial charge is 0.243 e. The van der Waals surface area contributed by atoms with Gasteiger partial charge in [0, 0.05) is 5.38 Å². The van der Waals surface area contributed by atoms with Crippen molar-refractivity contribution in [2.24, 2.45) is 0 Å². The molecule has 0 fully saturated rings. The number of aromatic nitrogens is 1. The molecule has 0 bridgehead atoms. The molecular weight excluding hydrogens is 310 g/mol. The van der Waals surface area contributed by atoms with E-state index in [1.165, 1.54) is 16.8 Å². The van der Waals surface area contributed by atoms with Crippen molar-refractivity contribution in [3.05, 3.63) is 45.9 Å². The second-order valence-electron chi connectivity index (χ2n) is 3.85. The van der Waals surface area contributed by atoms with Gasteiger partial charge in [0.05, 0.1) is 24.4 Å². The molecule has 0 amide bonds. The number of rotatable bonds is 5. The van der Waals surface area contributed by atoms with Gasteiger partial charge in [0.1, 0.15) is 4.90 Å². The van der Waals surface area contributed by atoms with Crippen LogP contribution in [-0.2, 0) is 23.2 Å². The Balaban J connectivity index is 2.31. The summed E-state index contributed by atoms with van der Waals surface area (Å²) < 4.78 is 52.9. The van der Waals surface area contributed by atoms with Gasteiger partial charge in [0.2, 0.25) is 10.0 Å². The Kier molecular flexibility index (Phi) is 4.43. The lowest BCUT2D eigenvalue weighted by Crippen LogP contribution is -2.25. The summed E-state index contributed by atoms with van der Waals surface area (Å²) in [7, 11) is -4.23. The first-order valence-electron chi connectivity index (χ1n) is 5.39. The van der Waals surface area contributed by atoms with E-state index in [0.717, 1.165) is 12.1 Å². The van der Waals surface area contributed by atoms with Crippen molar-refractivity contribution in [3.63, 3.8) is 0 Å². The van der Waals surface area contributed by atoms with Gasteiger partial charge in [-0.2, -0.15) is 0 Å². The van der Waals surface area contributed by atoms with Gasteiger partial charge in [0.15, 0.2) is 11.6 Å². The van der Waals surface area contributed by atoms with Gasteiger partial charge < -0.3 is 5.11 Å². The number of hydrogen-bond acceptors (Lipinski definition) is 5. The average molecular weight is 320 g/mol. The van der Waals surface area contributed by atoms with Gasteiger partial charge in [-0.15, -0.1) is 11.3 Å². The summed E-state index contributed by atoms with van der Waals surface area (Å²) in [5.74, 6) is -2.81. The van der Waals surface area contributed by atoms with Gasteiger partial charge in [0.25, 0.3) is 0 Å². The number of hydrogen-bond donors (Lipinski definition) is 2. The Morgan fingerprint density at radius 1 is 1.35 bits per heavy atom. The van der Waals surface area contributed by atoms with Crippen LogP contribution in [0, 0.1) is 11.6 Å². The minimum absolute atomic E-state index is 0.0297. The quantitative estimate of drug-likeness (QED) is 0.872. The number of benzene rings is 1. The molecule has 0 atom stereocenters. The summed E-state index contributed by atoms with van der Waals surface area (Å²) in [5.41, 5.74) is 1.96. The lowest BCUT2D eigenvalue weighted by molar-refractivity contribution is 0.280. The van der Waals surface area contributed by atoms with Crippen LogP contribution < -0.4 is 4.72 Å². The third-order valence-corrected chi connectivity index (χ3v) is 4.49. The first-order valence-corrected chi connectivity index (χ1v) is 7.82. The number of nitrogens with zero attached hydrogens (tertiary/aromatic N) is 1. The van der Waals surface area contributed by atoms with Gasteiger partial charge in [-0.1, -0.05) is 0 Å². The third-order valence-electron chi connectivity index (χ3n) is 2.45. The molecule has 0 spiro atoms. The van der Waals surface area contributed by atoms with Crippen molar-refractivity contribution in [3.8, 4) is 0 Å². The standard InChI is InChI=1S/C11H10F2N2O3S2/c12-9-1-7(4-16)2-10(11(9)13)20(17,18)15-3-8-5-19-6-14-8/h1-2,5-6,15-16H,3-4H2. The number of aliphatic hydroxyl groups excluding tert-OH is 1. The Bertz CT molecular complexity index is 703. The van der Waals surface area contributed by atoms with Crippen LogP contribution >= 0.6 is 11.3 Å². The fourth-order valence-corrected chi connectivity index (χ4v) is 3.17. The van der Waals surface area contributed by atoms with E-state index >= 15 is 0 Å². The second kappa shape index (κ2) is 5.92. The van der Waals surface area contributed by atoms with Crippen LogP contribution in [0.2, 0.25) is 0 Å². The molecule has 0 radical (unpaired) electrons. The Morgan fingerprint density at radius 2 is 2.10 bits per heavy atom. The minimum atomic E-state index is -4.23. The first kappa shape index (κ1) is 15.0. The lowest BCUT2D eigenvalue weighted by Gasteiger charge is -2.08. The van der Waals surface area contributed by atoms with E-state index in [2.05, 4.69) is 9.71 Å². The topological polar surface area (TPSA) is 79.3 Å². The monoisotopic (exact) mass is 320 g/mol. The molecule has 1 heterocycles. The van der Waals surface area contributed by atoms with E-state index in [9.17, 15) is 17.2 Å². The van der Waals surface area contributed by atoms with Crippen LogP contribution in [-0.4, -0.2) is 18.5 Å². The predicted octanol–water partition coefficient (Wildman–Crippen LogP) is 1.39. The highest BCUT2D eigenvalue weighted by molar-refractivity contribution is 7.89. The molecule has 0 saturated carbocycles. The summed E-state index contributed by atoms with van der Waals surface area (Å²) in [4.78, 5) is 3.03. The molecule has 5 nitrogen and oxygen atoms in total. The van der Waals surface area contributed by atoms with Gasteiger partial charge >= 0.3 is 0 Å². The molecule has 1 aromatic carbocycles. The highest BCUT2D eigenvalue weighted by atomic mass is 32.2. The van der Waals surface area contributed by atoms with Crippen LogP contribution in [0.5, 0.6) is 0 Å². The predicted molar refractivity (Wildman–Crippen MR) is 68.4 cm³/mol. The Labute approximate surface area is 118 Å². The molecule has 0 aliphatic rings. The van der Waals surface area contributed by atoms with E-state index in [1.807, 2.05) is 0 Å². The molecule has 9 heteroatoms. The summed E-state index contributed by atoms with van der Waals surface area (Å²) in [6, 6.07) is 1.64. The molecule has 2 aromatic rings. The van der Waals surface area contributed by atoms with Crippen LogP contribution in [0.3, 0.4) is 0 Å². The molecule has 2 N–H and O–H groups in total. The Hall–Kier alpha value is -1.42. The summed E-state index contributed by atoms with van der Waals surface area (Å²) in [5, 5.41) is 10.5. The third kappa shape index (κ3) is 3.18. The second-order valence-corrected chi connectivity index (χ2v) is 6.31. The number of aliphatic hydroxyl groups is 1. The number of nitrogens with one attached hydrogen (secondary N) is 1. The van der Waals surface area contributed by atoms with E-state index in [1.54, 1.807) is 5.38 Å². The van der Waals surface area contributed by atoms with E-state index < -0.39 is 33.2 Å². The maximum atomic E-state index is 13.6. The molecule has 0 unspecified atom stereocenters. The largest absolute Gasteiger partial charge is 0.392 e. The molecule has 1 aromatic heterocycles. The molecule has 20 heavy (non-hydrogen) atoms. The van der Waals surface area contributed by atoms with Gasteiger partial charge in [-0.3, -0.25) is 0 Å². The fourth-order valence-electron chi connectivity index (χ4n) is 1.48. The molecular formula is C11H10F2N2O3S2. The summed E-state index contributed by atoms with van der Waals surface area (Å²) in [6.45, 7) is -0.720. The van der Waals surface area contributed by atoms with E-state index in [0.29, 0.717) is 5.69 Å². The van der Waals surface area contributed by atoms with Crippen LogP contribution in [0.1, 0.15) is 11.3 Å². The number of halogens is 2. The minimum Gasteiger partial charge on any atom is -0.392 e. The zero-order chi connectivity index (χ0) is 14.8. The molecule has 108 valence electrons. The first-order chi connectivity index (χ1) is 9.44. The Morgan fingerprint density at radius 3 is 2.70 bits per heavy atom. The van der Waals surface area contributed by atoms with Crippen molar-refractivity contribution >= 4 is 21.4 Å². The van der Waals surface area contributed by atoms with E-state index in [4.69, 9.17) is 5.11 Å². The average Bonchev–Trinajstić information content (AvgIpc) is 2.92. The van der Waals surface area contributed by atoms with Gasteiger partial charge in [-0.25, -0.2) is 26.9 Å². The van der Waals surface area contributed by atoms with Gasteiger partial charge in [-0.05, 0) is 17.7 Å². The van der Waals surface area contributed by atoms with Crippen LogP contribution in [0.25, 0.3) is 0 Å². The molecule has 0 aliphatic carbocycles. The fraction of sp³-hybridized carbons (Fsp3) is 0.182. The van der Waals surface area contributed by atoms with Crippen LogP contribution in [0.4, 0.5) is 8.78 Å². The van der Waals surface area contributed by atoms with Crippen molar-refractivity contribution in [2.45, 2.75) is 18.0 Å². The maximum absolute atomic E-state index is 13.6. The number of sulfonamides is 1. The molecule has 0 aliphatic heterocycles. The highest BCUT2D eigenvalue weighted by Gasteiger charge is 2.23. The van der Waals surface area contributed by atoms with Crippen molar-refractivity contribution in [2.75, 3.05) is 0 Å². The SMILES string of the molecule is O=S(=O)(NCc1cscn1)c1cc(CO)cc(F)c1F. The molecule has 0 saturated heterocycles. The zero-order valence-electron chi connectivity index (χ0n) is 10.0. The lowest BCUT2D eigenvalue weighted by atomic mass is 10.2. The summed E-state index contributed by atoms with van der Waals surface area (Å²) in [6.07, 6.45) is 0. The van der Waals surface area contributed by atoms with Crippen molar-refractivity contribution in [1.29, 1.82) is 0 Å². The normalized spacial score (nSPS) is 11.8.